The van der Waals surface area contributed by atoms with Crippen LogP contribution in [0.1, 0.15) is 12.8 Å². The number of carbonyl (C=O) groups is 2. The molecule has 1 aromatic carbocycles. The van der Waals surface area contributed by atoms with E-state index in [0.717, 1.165) is 25.9 Å². The maximum Gasteiger partial charge on any atom is 0.260 e. The molecular formula is C18H25ClFN3O3. The van der Waals surface area contributed by atoms with Gasteiger partial charge in [-0.1, -0.05) is 0 Å². The molecule has 2 fully saturated rings. The quantitative estimate of drug-likeness (QED) is 0.848. The predicted octanol–water partition coefficient (Wildman–Crippen LogP) is 1.30. The molecule has 2 heterocycles. The number of amides is 2. The van der Waals surface area contributed by atoms with Gasteiger partial charge in [-0.05, 0) is 43.7 Å². The van der Waals surface area contributed by atoms with Gasteiger partial charge in [0.2, 0.25) is 5.91 Å². The zero-order chi connectivity index (χ0) is 17.6. The molecule has 0 radical (unpaired) electrons. The third-order valence-corrected chi connectivity index (χ3v) is 4.77. The van der Waals surface area contributed by atoms with Gasteiger partial charge in [-0.15, -0.1) is 12.4 Å². The first-order valence-electron chi connectivity index (χ1n) is 8.79. The predicted molar refractivity (Wildman–Crippen MR) is 97.9 cm³/mol. The van der Waals surface area contributed by atoms with Gasteiger partial charge in [0.05, 0.1) is 5.92 Å². The van der Waals surface area contributed by atoms with Crippen molar-refractivity contribution in [3.63, 3.8) is 0 Å². The van der Waals surface area contributed by atoms with Crippen LogP contribution in [-0.2, 0) is 9.59 Å². The Labute approximate surface area is 159 Å². The minimum Gasteiger partial charge on any atom is -0.484 e. The number of benzene rings is 1. The molecule has 0 aromatic heterocycles. The Morgan fingerprint density at radius 3 is 2.38 bits per heavy atom. The summed E-state index contributed by atoms with van der Waals surface area (Å²) in [6.45, 7) is 3.85. The highest BCUT2D eigenvalue weighted by molar-refractivity contribution is 5.85. The molecule has 2 aliphatic heterocycles. The number of carbonyl (C=O) groups excluding carboxylic acids is 2. The van der Waals surface area contributed by atoms with E-state index in [4.69, 9.17) is 4.74 Å². The molecular weight excluding hydrogens is 361 g/mol. The summed E-state index contributed by atoms with van der Waals surface area (Å²) >= 11 is 0. The van der Waals surface area contributed by atoms with Crippen LogP contribution in [0.25, 0.3) is 0 Å². The number of hydrogen-bond donors (Lipinski definition) is 1. The largest absolute Gasteiger partial charge is 0.484 e. The molecule has 0 aliphatic carbocycles. The smallest absolute Gasteiger partial charge is 0.260 e. The van der Waals surface area contributed by atoms with Crippen LogP contribution in [-0.4, -0.2) is 67.5 Å². The first-order valence-corrected chi connectivity index (χ1v) is 8.79. The summed E-state index contributed by atoms with van der Waals surface area (Å²) in [7, 11) is 0. The van der Waals surface area contributed by atoms with Crippen molar-refractivity contribution in [3.8, 4) is 5.75 Å². The summed E-state index contributed by atoms with van der Waals surface area (Å²) in [6, 6.07) is 5.59. The fraction of sp³-hybridized carbons (Fsp3) is 0.556. The number of ether oxygens (including phenoxy) is 1. The summed E-state index contributed by atoms with van der Waals surface area (Å²) in [6.07, 6.45) is 1.98. The zero-order valence-electron chi connectivity index (χ0n) is 14.7. The molecule has 1 aromatic rings. The highest BCUT2D eigenvalue weighted by Crippen LogP contribution is 2.15. The van der Waals surface area contributed by atoms with E-state index in [1.807, 2.05) is 4.90 Å². The Balaban J connectivity index is 0.00000243. The SMILES string of the molecule is Cl.O=C(COc1ccc(F)cc1)N1CCN(C(=O)C2CCCNC2)CC1. The Kier molecular flexibility index (Phi) is 7.66. The fourth-order valence-electron chi connectivity index (χ4n) is 3.26. The van der Waals surface area contributed by atoms with Crippen molar-refractivity contribution in [1.82, 2.24) is 15.1 Å². The maximum atomic E-state index is 12.8. The van der Waals surface area contributed by atoms with Crippen LogP contribution in [0.4, 0.5) is 4.39 Å². The van der Waals surface area contributed by atoms with E-state index >= 15 is 0 Å². The molecule has 1 N–H and O–H groups in total. The lowest BCUT2D eigenvalue weighted by Crippen LogP contribution is -2.54. The van der Waals surface area contributed by atoms with Crippen molar-refractivity contribution < 1.29 is 18.7 Å². The molecule has 2 amide bonds. The third kappa shape index (κ3) is 5.32. The molecule has 3 rings (SSSR count). The van der Waals surface area contributed by atoms with Gasteiger partial charge in [-0.3, -0.25) is 9.59 Å². The number of piperazine rings is 1. The van der Waals surface area contributed by atoms with Gasteiger partial charge in [-0.25, -0.2) is 4.39 Å². The van der Waals surface area contributed by atoms with Crippen LogP contribution in [0.5, 0.6) is 5.75 Å². The van der Waals surface area contributed by atoms with Crippen molar-refractivity contribution >= 4 is 24.2 Å². The Hall–Kier alpha value is -1.86. The highest BCUT2D eigenvalue weighted by Gasteiger charge is 2.29. The van der Waals surface area contributed by atoms with E-state index in [0.29, 0.717) is 31.9 Å². The summed E-state index contributed by atoms with van der Waals surface area (Å²) in [5.41, 5.74) is 0. The highest BCUT2D eigenvalue weighted by atomic mass is 35.5. The second-order valence-corrected chi connectivity index (χ2v) is 6.49. The normalized spacial score (nSPS) is 20.3. The monoisotopic (exact) mass is 385 g/mol. The van der Waals surface area contributed by atoms with E-state index in [2.05, 4.69) is 5.32 Å². The molecule has 2 saturated heterocycles. The number of nitrogens with zero attached hydrogens (tertiary/aromatic N) is 2. The van der Waals surface area contributed by atoms with E-state index in [1.54, 1.807) is 4.90 Å². The molecule has 0 spiro atoms. The summed E-state index contributed by atoms with van der Waals surface area (Å²) in [4.78, 5) is 28.3. The van der Waals surface area contributed by atoms with Gasteiger partial charge >= 0.3 is 0 Å². The average molecular weight is 386 g/mol. The van der Waals surface area contributed by atoms with E-state index in [1.165, 1.54) is 24.3 Å². The first kappa shape index (κ1) is 20.5. The molecule has 8 heteroatoms. The molecule has 1 atom stereocenters. The molecule has 0 bridgehead atoms. The van der Waals surface area contributed by atoms with Crippen molar-refractivity contribution in [2.24, 2.45) is 5.92 Å². The second-order valence-electron chi connectivity index (χ2n) is 6.49. The minimum absolute atomic E-state index is 0. The maximum absolute atomic E-state index is 12.8. The zero-order valence-corrected chi connectivity index (χ0v) is 15.5. The van der Waals surface area contributed by atoms with Crippen LogP contribution in [0.15, 0.2) is 24.3 Å². The third-order valence-electron chi connectivity index (χ3n) is 4.77. The van der Waals surface area contributed by atoms with E-state index < -0.39 is 0 Å². The standard InChI is InChI=1S/C18H24FN3O3.ClH/c19-15-3-5-16(6-4-15)25-13-17(23)21-8-10-22(11-9-21)18(24)14-2-1-7-20-12-14;/h3-6,14,20H,1-2,7-13H2;1H. The van der Waals surface area contributed by atoms with E-state index in [-0.39, 0.29) is 42.6 Å². The van der Waals surface area contributed by atoms with Gasteiger partial charge in [-0.2, -0.15) is 0 Å². The number of nitrogens with one attached hydrogen (secondary N) is 1. The minimum atomic E-state index is -0.340. The summed E-state index contributed by atoms with van der Waals surface area (Å²) in [5.74, 6) is 0.274. The van der Waals surface area contributed by atoms with Crippen LogP contribution >= 0.6 is 12.4 Å². The number of hydrogen-bond acceptors (Lipinski definition) is 4. The van der Waals surface area contributed by atoms with Gasteiger partial charge in [0.1, 0.15) is 11.6 Å². The Bertz CT molecular complexity index is 600. The lowest BCUT2D eigenvalue weighted by Gasteiger charge is -2.37. The average Bonchev–Trinajstić information content (AvgIpc) is 2.67. The Morgan fingerprint density at radius 2 is 1.77 bits per heavy atom. The van der Waals surface area contributed by atoms with Gasteiger partial charge in [0.25, 0.3) is 5.91 Å². The van der Waals surface area contributed by atoms with Crippen LogP contribution in [0.3, 0.4) is 0 Å². The van der Waals surface area contributed by atoms with Gasteiger partial charge < -0.3 is 19.9 Å². The summed E-state index contributed by atoms with van der Waals surface area (Å²) < 4.78 is 18.2. The molecule has 26 heavy (non-hydrogen) atoms. The van der Waals surface area contributed by atoms with Crippen molar-refractivity contribution in [3.05, 3.63) is 30.1 Å². The first-order chi connectivity index (χ1) is 12.1. The van der Waals surface area contributed by atoms with Crippen molar-refractivity contribution in [1.29, 1.82) is 0 Å². The van der Waals surface area contributed by atoms with Crippen LogP contribution < -0.4 is 10.1 Å². The molecule has 1 unspecified atom stereocenters. The van der Waals surface area contributed by atoms with Gasteiger partial charge in [0.15, 0.2) is 6.61 Å². The number of rotatable bonds is 4. The van der Waals surface area contributed by atoms with Crippen molar-refractivity contribution in [2.75, 3.05) is 45.9 Å². The fourth-order valence-corrected chi connectivity index (χ4v) is 3.26. The van der Waals surface area contributed by atoms with Crippen LogP contribution in [0.2, 0.25) is 0 Å². The topological polar surface area (TPSA) is 61.9 Å². The van der Waals surface area contributed by atoms with Gasteiger partial charge in [0, 0.05) is 32.7 Å². The number of halogens is 2. The summed E-state index contributed by atoms with van der Waals surface area (Å²) in [5, 5.41) is 3.27. The molecule has 6 nitrogen and oxygen atoms in total. The van der Waals surface area contributed by atoms with E-state index in [9.17, 15) is 14.0 Å². The number of piperidine rings is 1. The molecule has 144 valence electrons. The molecule has 0 saturated carbocycles. The Morgan fingerprint density at radius 1 is 1.12 bits per heavy atom. The van der Waals surface area contributed by atoms with Crippen LogP contribution in [0, 0.1) is 11.7 Å². The molecule has 2 aliphatic rings. The van der Waals surface area contributed by atoms with Crippen molar-refractivity contribution in [2.45, 2.75) is 12.8 Å². The lowest BCUT2D eigenvalue weighted by molar-refractivity contribution is -0.143. The lowest BCUT2D eigenvalue weighted by atomic mass is 9.98. The second kappa shape index (κ2) is 9.73.